The van der Waals surface area contributed by atoms with E-state index in [-0.39, 0.29) is 24.6 Å². The number of carbonyl (C=O) groups excluding carboxylic acids is 2. The quantitative estimate of drug-likeness (QED) is 0.604. The summed E-state index contributed by atoms with van der Waals surface area (Å²) in [5.74, 6) is -0.630. The molecule has 0 saturated heterocycles. The van der Waals surface area contributed by atoms with Gasteiger partial charge in [-0.1, -0.05) is 17.7 Å². The molecule has 0 bridgehead atoms. The highest BCUT2D eigenvalue weighted by atomic mass is 35.5. The van der Waals surface area contributed by atoms with E-state index >= 15 is 0 Å². The second-order valence-electron chi connectivity index (χ2n) is 4.62. The Morgan fingerprint density at radius 3 is 2.65 bits per heavy atom. The van der Waals surface area contributed by atoms with Crippen LogP contribution >= 0.6 is 11.6 Å². The van der Waals surface area contributed by atoms with Gasteiger partial charge in [0.2, 0.25) is 11.5 Å². The van der Waals surface area contributed by atoms with Crippen LogP contribution in [0.15, 0.2) is 22.8 Å². The number of rotatable bonds is 5. The number of urea groups is 1. The fourth-order valence-electron chi connectivity index (χ4n) is 1.68. The van der Waals surface area contributed by atoms with E-state index in [2.05, 4.69) is 30.9 Å². The van der Waals surface area contributed by atoms with E-state index in [0.717, 1.165) is 5.56 Å². The minimum Gasteiger partial charge on any atom is -0.379 e. The molecule has 0 aliphatic heterocycles. The third-order valence-corrected chi connectivity index (χ3v) is 3.11. The highest BCUT2D eigenvalue weighted by Gasteiger charge is 2.15. The number of nitrogen functional groups attached to an aromatic ring is 1. The predicted molar refractivity (Wildman–Crippen MR) is 84.3 cm³/mol. The monoisotopic (exact) mass is 338 g/mol. The number of halogens is 1. The first kappa shape index (κ1) is 16.6. The average molecular weight is 339 g/mol. The second-order valence-corrected chi connectivity index (χ2v) is 5.03. The summed E-state index contributed by atoms with van der Waals surface area (Å²) in [4.78, 5) is 23.4. The number of aromatic nitrogens is 2. The van der Waals surface area contributed by atoms with Crippen molar-refractivity contribution in [3.05, 3.63) is 34.5 Å². The van der Waals surface area contributed by atoms with Crippen LogP contribution in [0, 0.1) is 6.92 Å². The van der Waals surface area contributed by atoms with Crippen LogP contribution in [-0.2, 0) is 0 Å². The first-order chi connectivity index (χ1) is 11.0. The first-order valence-corrected chi connectivity index (χ1v) is 7.02. The number of hydrogen-bond donors (Lipinski definition) is 4. The zero-order chi connectivity index (χ0) is 16.8. The highest BCUT2D eigenvalue weighted by Crippen LogP contribution is 2.22. The molecular formula is C13H15ClN6O3. The van der Waals surface area contributed by atoms with Crippen LogP contribution < -0.4 is 21.7 Å². The number of nitrogens with zero attached hydrogens (tertiary/aromatic N) is 2. The lowest BCUT2D eigenvalue weighted by Crippen LogP contribution is -2.37. The molecule has 3 amide bonds. The molecule has 1 aromatic heterocycles. The average Bonchev–Trinajstić information content (AvgIpc) is 2.92. The number of nitrogens with two attached hydrogens (primary N) is 1. The number of amides is 3. The highest BCUT2D eigenvalue weighted by molar-refractivity contribution is 6.33. The Morgan fingerprint density at radius 1 is 1.26 bits per heavy atom. The van der Waals surface area contributed by atoms with E-state index in [1.165, 1.54) is 0 Å². The topological polar surface area (TPSA) is 135 Å². The van der Waals surface area contributed by atoms with Crippen molar-refractivity contribution in [1.29, 1.82) is 0 Å². The van der Waals surface area contributed by atoms with Crippen LogP contribution in [0.25, 0.3) is 0 Å². The molecule has 0 aliphatic rings. The third-order valence-electron chi connectivity index (χ3n) is 2.80. The maximum absolute atomic E-state index is 11.7. The fourth-order valence-corrected chi connectivity index (χ4v) is 1.96. The maximum Gasteiger partial charge on any atom is 0.319 e. The Kier molecular flexibility index (Phi) is 5.36. The largest absolute Gasteiger partial charge is 0.379 e. The Bertz CT molecular complexity index is 717. The van der Waals surface area contributed by atoms with E-state index in [0.29, 0.717) is 10.7 Å². The summed E-state index contributed by atoms with van der Waals surface area (Å²) in [5, 5.41) is 14.8. The SMILES string of the molecule is Cc1ccc(NC(=O)NCCNC(=O)c2nonc2N)c(Cl)c1. The summed E-state index contributed by atoms with van der Waals surface area (Å²) >= 11 is 6.02. The van der Waals surface area contributed by atoms with Crippen LogP contribution in [0.5, 0.6) is 0 Å². The van der Waals surface area contributed by atoms with Gasteiger partial charge in [0.25, 0.3) is 5.91 Å². The summed E-state index contributed by atoms with van der Waals surface area (Å²) in [6, 6.07) is 4.85. The standard InChI is InChI=1S/C13H15ClN6O3/c1-7-2-3-9(8(14)6-7)18-13(22)17-5-4-16-12(21)10-11(15)20-23-19-10/h2-3,6H,4-5H2,1H3,(H2,15,20)(H,16,21)(H2,17,18,22). The van der Waals surface area contributed by atoms with Crippen LogP contribution in [0.3, 0.4) is 0 Å². The molecule has 10 heteroatoms. The van der Waals surface area contributed by atoms with Gasteiger partial charge in [-0.25, -0.2) is 9.42 Å². The van der Waals surface area contributed by atoms with Gasteiger partial charge in [-0.15, -0.1) is 0 Å². The Balaban J connectivity index is 1.73. The van der Waals surface area contributed by atoms with Crippen molar-refractivity contribution in [1.82, 2.24) is 20.9 Å². The normalized spacial score (nSPS) is 10.2. The molecule has 2 aromatic rings. The third kappa shape index (κ3) is 4.58. The lowest BCUT2D eigenvalue weighted by Gasteiger charge is -2.09. The molecule has 1 heterocycles. The number of benzene rings is 1. The van der Waals surface area contributed by atoms with Crippen LogP contribution in [0.4, 0.5) is 16.3 Å². The summed E-state index contributed by atoms with van der Waals surface area (Å²) in [7, 11) is 0. The molecule has 0 atom stereocenters. The molecule has 0 fully saturated rings. The van der Waals surface area contributed by atoms with E-state index < -0.39 is 11.9 Å². The number of aryl methyl sites for hydroxylation is 1. The number of nitrogens with one attached hydrogen (secondary N) is 3. The molecule has 1 aromatic carbocycles. The molecular weight excluding hydrogens is 324 g/mol. The van der Waals surface area contributed by atoms with Crippen molar-refractivity contribution in [3.8, 4) is 0 Å². The summed E-state index contributed by atoms with van der Waals surface area (Å²) in [6.07, 6.45) is 0. The molecule has 0 radical (unpaired) electrons. The zero-order valence-electron chi connectivity index (χ0n) is 12.2. The molecule has 122 valence electrons. The second kappa shape index (κ2) is 7.45. The maximum atomic E-state index is 11.7. The molecule has 0 unspecified atom stereocenters. The van der Waals surface area contributed by atoms with Gasteiger partial charge >= 0.3 is 6.03 Å². The van der Waals surface area contributed by atoms with Crippen molar-refractivity contribution in [2.45, 2.75) is 6.92 Å². The van der Waals surface area contributed by atoms with E-state index in [1.54, 1.807) is 12.1 Å². The van der Waals surface area contributed by atoms with Crippen LogP contribution in [0.2, 0.25) is 5.02 Å². The van der Waals surface area contributed by atoms with Gasteiger partial charge in [0, 0.05) is 13.1 Å². The molecule has 0 aliphatic carbocycles. The van der Waals surface area contributed by atoms with E-state index in [9.17, 15) is 9.59 Å². The minimum absolute atomic E-state index is 0.0952. The predicted octanol–water partition coefficient (Wildman–Crippen LogP) is 1.17. The molecule has 0 spiro atoms. The zero-order valence-corrected chi connectivity index (χ0v) is 13.0. The van der Waals surface area contributed by atoms with Gasteiger partial charge in [0.1, 0.15) is 0 Å². The Morgan fingerprint density at radius 2 is 2.00 bits per heavy atom. The molecule has 23 heavy (non-hydrogen) atoms. The fraction of sp³-hybridized carbons (Fsp3) is 0.231. The van der Waals surface area contributed by atoms with Gasteiger partial charge in [-0.05, 0) is 34.9 Å². The van der Waals surface area contributed by atoms with Crippen molar-refractivity contribution in [3.63, 3.8) is 0 Å². The minimum atomic E-state index is -0.535. The molecule has 9 nitrogen and oxygen atoms in total. The van der Waals surface area contributed by atoms with Gasteiger partial charge in [-0.2, -0.15) is 0 Å². The summed E-state index contributed by atoms with van der Waals surface area (Å²) < 4.78 is 4.32. The lowest BCUT2D eigenvalue weighted by molar-refractivity contribution is 0.0944. The van der Waals surface area contributed by atoms with Crippen molar-refractivity contribution >= 4 is 35.0 Å². The Labute approximate surface area is 136 Å². The number of hydrogen-bond acceptors (Lipinski definition) is 6. The van der Waals surface area contributed by atoms with Crippen LogP contribution in [-0.4, -0.2) is 35.3 Å². The molecule has 2 rings (SSSR count). The van der Waals surface area contributed by atoms with Gasteiger partial charge < -0.3 is 21.7 Å². The van der Waals surface area contributed by atoms with E-state index in [1.807, 2.05) is 13.0 Å². The smallest absolute Gasteiger partial charge is 0.319 e. The first-order valence-electron chi connectivity index (χ1n) is 6.64. The number of carbonyl (C=O) groups is 2. The Hall–Kier alpha value is -2.81. The molecule has 0 saturated carbocycles. The molecule has 5 N–H and O–H groups in total. The van der Waals surface area contributed by atoms with Crippen molar-refractivity contribution in [2.24, 2.45) is 0 Å². The van der Waals surface area contributed by atoms with Crippen molar-refractivity contribution < 1.29 is 14.2 Å². The van der Waals surface area contributed by atoms with Gasteiger partial charge in [0.05, 0.1) is 10.7 Å². The van der Waals surface area contributed by atoms with Gasteiger partial charge in [-0.3, -0.25) is 4.79 Å². The van der Waals surface area contributed by atoms with Crippen LogP contribution in [0.1, 0.15) is 16.1 Å². The van der Waals surface area contributed by atoms with E-state index in [4.69, 9.17) is 17.3 Å². The lowest BCUT2D eigenvalue weighted by atomic mass is 10.2. The summed E-state index contributed by atoms with van der Waals surface area (Å²) in [6.45, 7) is 2.28. The summed E-state index contributed by atoms with van der Waals surface area (Å²) in [5.41, 5.74) is 6.78. The number of anilines is 2. The van der Waals surface area contributed by atoms with Crippen molar-refractivity contribution in [2.75, 3.05) is 24.1 Å². The van der Waals surface area contributed by atoms with Gasteiger partial charge in [0.15, 0.2) is 0 Å².